The molecule has 1 aromatic carbocycles. The molecule has 2 aromatic rings. The lowest BCUT2D eigenvalue weighted by Gasteiger charge is -2.26. The molecular weight excluding hydrogens is 312 g/mol. The van der Waals surface area contributed by atoms with E-state index in [1.807, 2.05) is 6.92 Å². The zero-order valence-corrected chi connectivity index (χ0v) is 15.2. The molecule has 0 saturated carbocycles. The fourth-order valence-electron chi connectivity index (χ4n) is 4.04. The Kier molecular flexibility index (Phi) is 5.13. The summed E-state index contributed by atoms with van der Waals surface area (Å²) >= 11 is 0. The molecule has 5 heteroatoms. The summed E-state index contributed by atoms with van der Waals surface area (Å²) in [7, 11) is 0. The van der Waals surface area contributed by atoms with Gasteiger partial charge in [0.25, 0.3) is 0 Å². The number of aromatic nitrogens is 2. The van der Waals surface area contributed by atoms with E-state index in [9.17, 15) is 0 Å². The van der Waals surface area contributed by atoms with Gasteiger partial charge in [-0.1, -0.05) is 35.8 Å². The number of aryl methyl sites for hydroxylation is 1. The Morgan fingerprint density at radius 2 is 1.64 bits per heavy atom. The van der Waals surface area contributed by atoms with Crippen LogP contribution in [0, 0.1) is 6.92 Å². The maximum atomic E-state index is 5.34. The van der Waals surface area contributed by atoms with Crippen molar-refractivity contribution in [2.75, 3.05) is 26.2 Å². The summed E-state index contributed by atoms with van der Waals surface area (Å²) in [6.07, 6.45) is 5.21. The topological polar surface area (TPSA) is 45.4 Å². The molecule has 0 spiro atoms. The molecule has 0 bridgehead atoms. The maximum Gasteiger partial charge on any atom is 0.231 e. The standard InChI is InChI=1S/C20H28N4O/c1-16-21-20(25-22-16)19-9-12-24(15-19)14-18-7-5-17(6-8-18)13-23-10-3-2-4-11-23/h5-8,19H,2-4,9-15H2,1H3/t19-/m1/s1. The largest absolute Gasteiger partial charge is 0.339 e. The Morgan fingerprint density at radius 1 is 0.960 bits per heavy atom. The van der Waals surface area contributed by atoms with Gasteiger partial charge in [0.15, 0.2) is 5.82 Å². The highest BCUT2D eigenvalue weighted by atomic mass is 16.5. The van der Waals surface area contributed by atoms with Crippen molar-refractivity contribution in [1.82, 2.24) is 19.9 Å². The van der Waals surface area contributed by atoms with Gasteiger partial charge < -0.3 is 4.52 Å². The third-order valence-electron chi connectivity index (χ3n) is 5.45. The second-order valence-electron chi connectivity index (χ2n) is 7.55. The predicted molar refractivity (Wildman–Crippen MR) is 97.2 cm³/mol. The molecule has 2 aliphatic heterocycles. The number of hydrogen-bond acceptors (Lipinski definition) is 5. The Morgan fingerprint density at radius 3 is 2.28 bits per heavy atom. The molecule has 2 saturated heterocycles. The monoisotopic (exact) mass is 340 g/mol. The smallest absolute Gasteiger partial charge is 0.231 e. The Bertz CT molecular complexity index is 675. The van der Waals surface area contributed by atoms with E-state index in [-0.39, 0.29) is 0 Å². The normalized spacial score (nSPS) is 22.5. The minimum Gasteiger partial charge on any atom is -0.339 e. The number of nitrogens with zero attached hydrogens (tertiary/aromatic N) is 4. The molecule has 2 aliphatic rings. The van der Waals surface area contributed by atoms with Gasteiger partial charge in [-0.3, -0.25) is 9.80 Å². The summed E-state index contributed by atoms with van der Waals surface area (Å²) in [5.74, 6) is 1.93. The summed E-state index contributed by atoms with van der Waals surface area (Å²) in [6, 6.07) is 9.20. The van der Waals surface area contributed by atoms with E-state index >= 15 is 0 Å². The van der Waals surface area contributed by atoms with Gasteiger partial charge in [-0.05, 0) is 56.9 Å². The molecule has 0 unspecified atom stereocenters. The van der Waals surface area contributed by atoms with Crippen molar-refractivity contribution in [2.24, 2.45) is 0 Å². The second kappa shape index (κ2) is 7.67. The zero-order chi connectivity index (χ0) is 17.1. The molecule has 3 heterocycles. The first-order valence-electron chi connectivity index (χ1n) is 9.59. The highest BCUT2D eigenvalue weighted by molar-refractivity contribution is 5.22. The third-order valence-corrected chi connectivity index (χ3v) is 5.45. The van der Waals surface area contributed by atoms with Crippen LogP contribution >= 0.6 is 0 Å². The van der Waals surface area contributed by atoms with Crippen LogP contribution in [0.3, 0.4) is 0 Å². The lowest BCUT2D eigenvalue weighted by atomic mass is 10.1. The fourth-order valence-corrected chi connectivity index (χ4v) is 4.04. The highest BCUT2D eigenvalue weighted by Gasteiger charge is 2.27. The summed E-state index contributed by atoms with van der Waals surface area (Å²) < 4.78 is 5.34. The number of piperidine rings is 1. The molecular formula is C20H28N4O. The van der Waals surface area contributed by atoms with Crippen molar-refractivity contribution in [2.45, 2.75) is 51.6 Å². The van der Waals surface area contributed by atoms with Crippen LogP contribution in [0.15, 0.2) is 28.8 Å². The van der Waals surface area contributed by atoms with Crippen LogP contribution in [-0.2, 0) is 13.1 Å². The lowest BCUT2D eigenvalue weighted by molar-refractivity contribution is 0.221. The van der Waals surface area contributed by atoms with E-state index in [0.717, 1.165) is 44.3 Å². The SMILES string of the molecule is Cc1noc([C@@H]2CCN(Cc3ccc(CN4CCCCC4)cc3)C2)n1. The van der Waals surface area contributed by atoms with Gasteiger partial charge in [0.1, 0.15) is 0 Å². The van der Waals surface area contributed by atoms with Crippen molar-refractivity contribution in [3.8, 4) is 0 Å². The van der Waals surface area contributed by atoms with Crippen molar-refractivity contribution >= 4 is 0 Å². The minimum absolute atomic E-state index is 0.388. The Labute approximate surface area is 150 Å². The first-order chi connectivity index (χ1) is 12.3. The zero-order valence-electron chi connectivity index (χ0n) is 15.2. The number of benzene rings is 1. The average Bonchev–Trinajstić information content (AvgIpc) is 3.27. The third kappa shape index (κ3) is 4.28. The van der Waals surface area contributed by atoms with Crippen LogP contribution in [0.2, 0.25) is 0 Å². The van der Waals surface area contributed by atoms with Crippen molar-refractivity contribution in [1.29, 1.82) is 0 Å². The number of likely N-dealkylation sites (tertiary alicyclic amines) is 2. The van der Waals surface area contributed by atoms with E-state index in [1.165, 1.54) is 43.5 Å². The summed E-state index contributed by atoms with van der Waals surface area (Å²) in [4.78, 5) is 9.46. The van der Waals surface area contributed by atoms with Gasteiger partial charge in [-0.2, -0.15) is 4.98 Å². The molecule has 134 valence electrons. The number of rotatable bonds is 5. The first-order valence-corrected chi connectivity index (χ1v) is 9.59. The van der Waals surface area contributed by atoms with Crippen LogP contribution in [-0.4, -0.2) is 46.1 Å². The van der Waals surface area contributed by atoms with E-state index in [1.54, 1.807) is 0 Å². The first kappa shape index (κ1) is 16.7. The van der Waals surface area contributed by atoms with Crippen LogP contribution < -0.4 is 0 Å². The van der Waals surface area contributed by atoms with Gasteiger partial charge in [0.2, 0.25) is 5.89 Å². The molecule has 0 N–H and O–H groups in total. The van der Waals surface area contributed by atoms with Crippen LogP contribution in [0.25, 0.3) is 0 Å². The van der Waals surface area contributed by atoms with Gasteiger partial charge in [0.05, 0.1) is 5.92 Å². The van der Waals surface area contributed by atoms with Crippen molar-refractivity contribution < 1.29 is 4.52 Å². The van der Waals surface area contributed by atoms with Crippen LogP contribution in [0.4, 0.5) is 0 Å². The van der Waals surface area contributed by atoms with Gasteiger partial charge in [0, 0.05) is 19.6 Å². The van der Waals surface area contributed by atoms with E-state index in [4.69, 9.17) is 4.52 Å². The van der Waals surface area contributed by atoms with Crippen molar-refractivity contribution in [3.05, 3.63) is 47.1 Å². The summed E-state index contributed by atoms with van der Waals surface area (Å²) in [6.45, 7) is 8.61. The molecule has 0 amide bonds. The minimum atomic E-state index is 0.388. The van der Waals surface area contributed by atoms with Crippen LogP contribution in [0.5, 0.6) is 0 Å². The molecule has 1 atom stereocenters. The van der Waals surface area contributed by atoms with Crippen LogP contribution in [0.1, 0.15) is 54.4 Å². The maximum absolute atomic E-state index is 5.34. The fraction of sp³-hybridized carbons (Fsp3) is 0.600. The molecule has 1 aromatic heterocycles. The molecule has 2 fully saturated rings. The number of hydrogen-bond donors (Lipinski definition) is 0. The van der Waals surface area contributed by atoms with Gasteiger partial charge >= 0.3 is 0 Å². The molecule has 0 radical (unpaired) electrons. The average molecular weight is 340 g/mol. The van der Waals surface area contributed by atoms with E-state index in [2.05, 4.69) is 44.2 Å². The molecule has 4 rings (SSSR count). The summed E-state index contributed by atoms with van der Waals surface area (Å²) in [5.41, 5.74) is 2.83. The molecule has 0 aliphatic carbocycles. The second-order valence-corrected chi connectivity index (χ2v) is 7.55. The molecule has 25 heavy (non-hydrogen) atoms. The Balaban J connectivity index is 1.29. The van der Waals surface area contributed by atoms with E-state index in [0.29, 0.717) is 5.92 Å². The lowest BCUT2D eigenvalue weighted by Crippen LogP contribution is -2.29. The highest BCUT2D eigenvalue weighted by Crippen LogP contribution is 2.27. The Hall–Kier alpha value is -1.72. The van der Waals surface area contributed by atoms with Crippen molar-refractivity contribution in [3.63, 3.8) is 0 Å². The predicted octanol–water partition coefficient (Wildman–Crippen LogP) is 3.35. The van der Waals surface area contributed by atoms with Gasteiger partial charge in [-0.25, -0.2) is 0 Å². The summed E-state index contributed by atoms with van der Waals surface area (Å²) in [5, 5.41) is 3.92. The quantitative estimate of drug-likeness (QED) is 0.835. The van der Waals surface area contributed by atoms with Gasteiger partial charge in [-0.15, -0.1) is 0 Å². The van der Waals surface area contributed by atoms with E-state index < -0.39 is 0 Å². The molecule has 5 nitrogen and oxygen atoms in total.